The van der Waals surface area contributed by atoms with E-state index in [1.807, 2.05) is 11.0 Å². The van der Waals surface area contributed by atoms with Crippen LogP contribution in [0.4, 0.5) is 5.95 Å². The summed E-state index contributed by atoms with van der Waals surface area (Å²) in [5.41, 5.74) is -0.121. The molecule has 1 aromatic rings. The zero-order chi connectivity index (χ0) is 18.7. The maximum atomic E-state index is 12.9. The fraction of sp³-hybridized carbons (Fsp3) is 0.737. The van der Waals surface area contributed by atoms with Gasteiger partial charge < -0.3 is 19.4 Å². The summed E-state index contributed by atoms with van der Waals surface area (Å²) in [6.45, 7) is 8.17. The first kappa shape index (κ1) is 18.6. The first-order chi connectivity index (χ1) is 13.1. The van der Waals surface area contributed by atoms with Crippen molar-refractivity contribution in [2.75, 3.05) is 77.5 Å². The van der Waals surface area contributed by atoms with E-state index in [0.717, 1.165) is 64.6 Å². The first-order valence-electron chi connectivity index (χ1n) is 9.98. The molecule has 3 aliphatic rings. The fourth-order valence-electron chi connectivity index (χ4n) is 4.24. The zero-order valence-electron chi connectivity index (χ0n) is 16.2. The van der Waals surface area contributed by atoms with Gasteiger partial charge in [0, 0.05) is 64.8 Å². The molecular weight excluding hydrogens is 344 g/mol. The number of nitrogens with zero attached hydrogens (tertiary/aromatic N) is 6. The normalized spacial score (nSPS) is 24.3. The molecule has 1 aromatic heterocycles. The SMILES string of the molecule is CN1CCC2(CC1)CN(C(=O)CN1CCN(c3ncccn3)CC1)CCO2. The fourth-order valence-corrected chi connectivity index (χ4v) is 4.24. The molecule has 0 unspecified atom stereocenters. The minimum Gasteiger partial charge on any atom is -0.371 e. The molecule has 0 atom stereocenters. The second-order valence-electron chi connectivity index (χ2n) is 7.96. The molecule has 148 valence electrons. The van der Waals surface area contributed by atoms with E-state index in [1.165, 1.54) is 0 Å². The van der Waals surface area contributed by atoms with Gasteiger partial charge >= 0.3 is 0 Å². The van der Waals surface area contributed by atoms with E-state index in [9.17, 15) is 4.79 Å². The van der Waals surface area contributed by atoms with Gasteiger partial charge in [0.1, 0.15) is 0 Å². The number of anilines is 1. The monoisotopic (exact) mass is 374 g/mol. The molecule has 4 rings (SSSR count). The van der Waals surface area contributed by atoms with Gasteiger partial charge in [-0.25, -0.2) is 9.97 Å². The number of likely N-dealkylation sites (tertiary alicyclic amines) is 1. The number of ether oxygens (including phenoxy) is 1. The Labute approximate surface area is 161 Å². The number of rotatable bonds is 3. The molecule has 1 amide bonds. The molecule has 8 heteroatoms. The molecule has 27 heavy (non-hydrogen) atoms. The summed E-state index contributed by atoms with van der Waals surface area (Å²) in [7, 11) is 2.15. The van der Waals surface area contributed by atoms with Gasteiger partial charge in [-0.1, -0.05) is 0 Å². The lowest BCUT2D eigenvalue weighted by atomic mass is 9.89. The van der Waals surface area contributed by atoms with Crippen molar-refractivity contribution in [1.82, 2.24) is 24.7 Å². The van der Waals surface area contributed by atoms with Crippen molar-refractivity contribution in [2.24, 2.45) is 0 Å². The van der Waals surface area contributed by atoms with Crippen LogP contribution in [-0.2, 0) is 9.53 Å². The summed E-state index contributed by atoms with van der Waals surface area (Å²) in [6, 6.07) is 1.83. The molecule has 4 heterocycles. The van der Waals surface area contributed by atoms with Crippen LogP contribution in [0, 0.1) is 0 Å². The highest BCUT2D eigenvalue weighted by Crippen LogP contribution is 2.29. The van der Waals surface area contributed by atoms with Crippen LogP contribution in [0.3, 0.4) is 0 Å². The van der Waals surface area contributed by atoms with Gasteiger partial charge in [-0.05, 0) is 26.0 Å². The van der Waals surface area contributed by atoms with Crippen LogP contribution in [-0.4, -0.2) is 109 Å². The molecule has 0 bridgehead atoms. The Morgan fingerprint density at radius 2 is 1.78 bits per heavy atom. The van der Waals surface area contributed by atoms with Crippen molar-refractivity contribution >= 4 is 11.9 Å². The maximum Gasteiger partial charge on any atom is 0.236 e. The third kappa shape index (κ3) is 4.39. The Bertz CT molecular complexity index is 626. The quantitative estimate of drug-likeness (QED) is 0.733. The van der Waals surface area contributed by atoms with Crippen molar-refractivity contribution in [2.45, 2.75) is 18.4 Å². The van der Waals surface area contributed by atoms with Crippen molar-refractivity contribution < 1.29 is 9.53 Å². The second-order valence-corrected chi connectivity index (χ2v) is 7.96. The van der Waals surface area contributed by atoms with Crippen molar-refractivity contribution in [3.63, 3.8) is 0 Å². The number of hydrogen-bond donors (Lipinski definition) is 0. The summed E-state index contributed by atoms with van der Waals surface area (Å²) >= 11 is 0. The van der Waals surface area contributed by atoms with Crippen LogP contribution in [0.5, 0.6) is 0 Å². The Morgan fingerprint density at radius 1 is 1.07 bits per heavy atom. The van der Waals surface area contributed by atoms with Gasteiger partial charge in [-0.2, -0.15) is 0 Å². The minimum atomic E-state index is -0.121. The van der Waals surface area contributed by atoms with Crippen molar-refractivity contribution in [1.29, 1.82) is 0 Å². The summed E-state index contributed by atoms with van der Waals surface area (Å²) < 4.78 is 6.13. The standard InChI is InChI=1S/C19H30N6O2/c1-22-7-3-19(4-8-22)16-25(13-14-27-19)17(26)15-23-9-11-24(12-10-23)18-20-5-2-6-21-18/h2,5-6H,3-4,7-16H2,1H3. The molecule has 0 radical (unpaired) electrons. The van der Waals surface area contributed by atoms with Crippen LogP contribution >= 0.6 is 0 Å². The molecule has 0 aliphatic carbocycles. The topological polar surface area (TPSA) is 65.0 Å². The van der Waals surface area contributed by atoms with Crippen LogP contribution in [0.25, 0.3) is 0 Å². The Balaban J connectivity index is 1.27. The highest BCUT2D eigenvalue weighted by Gasteiger charge is 2.40. The lowest BCUT2D eigenvalue weighted by Crippen LogP contribution is -2.59. The lowest BCUT2D eigenvalue weighted by Gasteiger charge is -2.47. The summed E-state index contributed by atoms with van der Waals surface area (Å²) in [5.74, 6) is 1.02. The van der Waals surface area contributed by atoms with Gasteiger partial charge in [0.25, 0.3) is 0 Å². The first-order valence-corrected chi connectivity index (χ1v) is 9.98. The number of piperidine rings is 1. The molecule has 0 aromatic carbocycles. The molecule has 0 saturated carbocycles. The number of aromatic nitrogens is 2. The van der Waals surface area contributed by atoms with Crippen LogP contribution < -0.4 is 4.90 Å². The van der Waals surface area contributed by atoms with E-state index in [2.05, 4.69) is 31.7 Å². The van der Waals surface area contributed by atoms with Crippen LogP contribution in [0.2, 0.25) is 0 Å². The largest absolute Gasteiger partial charge is 0.371 e. The van der Waals surface area contributed by atoms with Crippen LogP contribution in [0.15, 0.2) is 18.5 Å². The smallest absolute Gasteiger partial charge is 0.236 e. The molecule has 1 spiro atoms. The maximum absolute atomic E-state index is 12.9. The molecule has 3 aliphatic heterocycles. The van der Waals surface area contributed by atoms with E-state index in [0.29, 0.717) is 19.7 Å². The van der Waals surface area contributed by atoms with E-state index in [1.54, 1.807) is 12.4 Å². The van der Waals surface area contributed by atoms with Gasteiger partial charge in [-0.15, -0.1) is 0 Å². The van der Waals surface area contributed by atoms with Crippen LogP contribution in [0.1, 0.15) is 12.8 Å². The third-order valence-corrected chi connectivity index (χ3v) is 6.07. The van der Waals surface area contributed by atoms with E-state index >= 15 is 0 Å². The molecule has 0 N–H and O–H groups in total. The van der Waals surface area contributed by atoms with E-state index < -0.39 is 0 Å². The number of carbonyl (C=O) groups excluding carboxylic acids is 1. The lowest BCUT2D eigenvalue weighted by molar-refractivity contribution is -0.159. The van der Waals surface area contributed by atoms with Gasteiger partial charge in [-0.3, -0.25) is 9.69 Å². The number of carbonyl (C=O) groups is 1. The van der Waals surface area contributed by atoms with E-state index in [4.69, 9.17) is 4.74 Å². The van der Waals surface area contributed by atoms with Gasteiger partial charge in [0.15, 0.2) is 0 Å². The second kappa shape index (κ2) is 8.08. The third-order valence-electron chi connectivity index (χ3n) is 6.07. The number of hydrogen-bond acceptors (Lipinski definition) is 7. The summed E-state index contributed by atoms with van der Waals surface area (Å²) in [5, 5.41) is 0. The predicted molar refractivity (Wildman–Crippen MR) is 103 cm³/mol. The number of piperazine rings is 1. The summed E-state index contributed by atoms with van der Waals surface area (Å²) in [6.07, 6.45) is 5.58. The van der Waals surface area contributed by atoms with E-state index in [-0.39, 0.29) is 11.5 Å². The molecular formula is C19H30N6O2. The molecule has 3 saturated heterocycles. The molecule has 3 fully saturated rings. The molecule has 8 nitrogen and oxygen atoms in total. The highest BCUT2D eigenvalue weighted by atomic mass is 16.5. The zero-order valence-corrected chi connectivity index (χ0v) is 16.2. The van der Waals surface area contributed by atoms with Crippen molar-refractivity contribution in [3.8, 4) is 0 Å². The Morgan fingerprint density at radius 3 is 2.48 bits per heavy atom. The highest BCUT2D eigenvalue weighted by molar-refractivity contribution is 5.78. The minimum absolute atomic E-state index is 0.121. The predicted octanol–water partition coefficient (Wildman–Crippen LogP) is -0.0782. The van der Waals surface area contributed by atoms with Gasteiger partial charge in [0.05, 0.1) is 18.8 Å². The number of morpholine rings is 1. The summed E-state index contributed by atoms with van der Waals surface area (Å²) in [4.78, 5) is 30.3. The number of amides is 1. The Hall–Kier alpha value is -1.77. The Kier molecular flexibility index (Phi) is 5.56. The van der Waals surface area contributed by atoms with Gasteiger partial charge in [0.2, 0.25) is 11.9 Å². The average molecular weight is 374 g/mol. The average Bonchev–Trinajstić information content (AvgIpc) is 2.72. The van der Waals surface area contributed by atoms with Crippen molar-refractivity contribution in [3.05, 3.63) is 18.5 Å².